The van der Waals surface area contributed by atoms with E-state index < -0.39 is 0 Å². The molecule has 1 N–H and O–H groups in total. The molecule has 2 aromatic carbocycles. The summed E-state index contributed by atoms with van der Waals surface area (Å²) in [5.74, 6) is 1.67. The smallest absolute Gasteiger partial charge is 0.322 e. The van der Waals surface area contributed by atoms with Crippen molar-refractivity contribution in [3.63, 3.8) is 0 Å². The highest BCUT2D eigenvalue weighted by atomic mass is 19.1. The molecule has 0 radical (unpaired) electrons. The van der Waals surface area contributed by atoms with Crippen molar-refractivity contribution in [1.82, 2.24) is 14.9 Å². The van der Waals surface area contributed by atoms with Gasteiger partial charge in [0, 0.05) is 43.9 Å². The van der Waals surface area contributed by atoms with E-state index in [9.17, 15) is 9.18 Å². The number of anilines is 2. The van der Waals surface area contributed by atoms with Crippen LogP contribution in [0.1, 0.15) is 0 Å². The van der Waals surface area contributed by atoms with E-state index in [4.69, 9.17) is 9.47 Å². The number of hydrogen-bond acceptors (Lipinski definition) is 6. The second kappa shape index (κ2) is 9.51. The lowest BCUT2D eigenvalue weighted by Gasteiger charge is -2.35. The van der Waals surface area contributed by atoms with Crippen molar-refractivity contribution in [1.29, 1.82) is 0 Å². The molecule has 32 heavy (non-hydrogen) atoms. The fraction of sp³-hybridized carbons (Fsp3) is 0.261. The Morgan fingerprint density at radius 1 is 0.969 bits per heavy atom. The standard InChI is InChI=1S/C23H24FN5O3/c1-31-18-7-8-19(21(13-18)32-2)27-23(30)29-11-9-28(10-12-29)22-14-20(25-15-26-22)16-3-5-17(24)6-4-16/h3-8,13-15H,9-12H2,1-2H3,(H,27,30). The molecule has 1 aliphatic heterocycles. The molecule has 1 aliphatic rings. The zero-order valence-electron chi connectivity index (χ0n) is 17.9. The number of carbonyl (C=O) groups is 1. The first kappa shape index (κ1) is 21.4. The van der Waals surface area contributed by atoms with Crippen LogP contribution in [-0.2, 0) is 0 Å². The summed E-state index contributed by atoms with van der Waals surface area (Å²) in [7, 11) is 3.12. The van der Waals surface area contributed by atoms with Gasteiger partial charge in [-0.1, -0.05) is 0 Å². The normalized spacial score (nSPS) is 13.6. The number of nitrogens with zero attached hydrogens (tertiary/aromatic N) is 4. The number of nitrogens with one attached hydrogen (secondary N) is 1. The molecule has 0 unspecified atom stereocenters. The van der Waals surface area contributed by atoms with E-state index in [1.165, 1.54) is 18.5 Å². The number of halogens is 1. The van der Waals surface area contributed by atoms with E-state index in [2.05, 4.69) is 20.2 Å². The van der Waals surface area contributed by atoms with Crippen molar-refractivity contribution in [3.05, 3.63) is 60.7 Å². The molecule has 0 bridgehead atoms. The number of carbonyl (C=O) groups excluding carboxylic acids is 1. The fourth-order valence-corrected chi connectivity index (χ4v) is 3.53. The minimum absolute atomic E-state index is 0.192. The first-order valence-electron chi connectivity index (χ1n) is 10.2. The number of benzene rings is 2. The third-order valence-corrected chi connectivity index (χ3v) is 5.33. The van der Waals surface area contributed by atoms with Gasteiger partial charge in [-0.3, -0.25) is 0 Å². The summed E-state index contributed by atoms with van der Waals surface area (Å²) in [4.78, 5) is 25.3. The largest absolute Gasteiger partial charge is 0.497 e. The van der Waals surface area contributed by atoms with Crippen molar-refractivity contribution in [2.24, 2.45) is 0 Å². The van der Waals surface area contributed by atoms with Crippen LogP contribution in [-0.4, -0.2) is 61.3 Å². The Morgan fingerprint density at radius 3 is 2.41 bits per heavy atom. The maximum atomic E-state index is 13.2. The Balaban J connectivity index is 1.39. The SMILES string of the molecule is COc1ccc(NC(=O)N2CCN(c3cc(-c4ccc(F)cc4)ncn3)CC2)c(OC)c1. The van der Waals surface area contributed by atoms with Gasteiger partial charge in [0.2, 0.25) is 0 Å². The molecule has 2 amide bonds. The van der Waals surface area contributed by atoms with Gasteiger partial charge < -0.3 is 24.6 Å². The number of ether oxygens (including phenoxy) is 2. The number of aromatic nitrogens is 2. The highest BCUT2D eigenvalue weighted by Crippen LogP contribution is 2.29. The van der Waals surface area contributed by atoms with Crippen molar-refractivity contribution in [2.45, 2.75) is 0 Å². The molecule has 1 fully saturated rings. The lowest BCUT2D eigenvalue weighted by Crippen LogP contribution is -2.50. The molecule has 0 atom stereocenters. The minimum atomic E-state index is -0.287. The summed E-state index contributed by atoms with van der Waals surface area (Å²) in [6.07, 6.45) is 1.50. The molecule has 4 rings (SSSR count). The van der Waals surface area contributed by atoms with Crippen LogP contribution in [0.3, 0.4) is 0 Å². The maximum Gasteiger partial charge on any atom is 0.322 e. The number of urea groups is 1. The monoisotopic (exact) mass is 437 g/mol. The fourth-order valence-electron chi connectivity index (χ4n) is 3.53. The van der Waals surface area contributed by atoms with Crippen LogP contribution in [0.5, 0.6) is 11.5 Å². The zero-order chi connectivity index (χ0) is 22.5. The highest BCUT2D eigenvalue weighted by molar-refractivity contribution is 5.91. The summed E-state index contributed by atoms with van der Waals surface area (Å²) in [5.41, 5.74) is 2.13. The van der Waals surface area contributed by atoms with Crippen LogP contribution in [0.2, 0.25) is 0 Å². The first-order valence-corrected chi connectivity index (χ1v) is 10.2. The minimum Gasteiger partial charge on any atom is -0.497 e. The molecular weight excluding hydrogens is 413 g/mol. The lowest BCUT2D eigenvalue weighted by atomic mass is 10.1. The third-order valence-electron chi connectivity index (χ3n) is 5.33. The van der Waals surface area contributed by atoms with E-state index in [-0.39, 0.29) is 11.8 Å². The highest BCUT2D eigenvalue weighted by Gasteiger charge is 2.23. The summed E-state index contributed by atoms with van der Waals surface area (Å²) >= 11 is 0. The summed E-state index contributed by atoms with van der Waals surface area (Å²) < 4.78 is 23.7. The van der Waals surface area contributed by atoms with E-state index in [1.54, 1.807) is 49.5 Å². The van der Waals surface area contributed by atoms with Crippen molar-refractivity contribution >= 4 is 17.5 Å². The molecule has 0 aliphatic carbocycles. The predicted molar refractivity (Wildman–Crippen MR) is 120 cm³/mol. The van der Waals surface area contributed by atoms with Crippen molar-refractivity contribution in [2.75, 3.05) is 50.6 Å². The van der Waals surface area contributed by atoms with Crippen LogP contribution in [0.15, 0.2) is 54.9 Å². The van der Waals surface area contributed by atoms with Crippen LogP contribution >= 0.6 is 0 Å². The van der Waals surface area contributed by atoms with Crippen molar-refractivity contribution < 1.29 is 18.7 Å². The second-order valence-electron chi connectivity index (χ2n) is 7.24. The number of amides is 2. The van der Waals surface area contributed by atoms with Gasteiger partial charge >= 0.3 is 6.03 Å². The molecular formula is C23H24FN5O3. The first-order chi connectivity index (χ1) is 15.6. The Morgan fingerprint density at radius 2 is 1.72 bits per heavy atom. The molecule has 3 aromatic rings. The van der Waals surface area contributed by atoms with Gasteiger partial charge in [0.25, 0.3) is 0 Å². The Kier molecular flexibility index (Phi) is 6.34. The molecule has 0 spiro atoms. The van der Waals surface area contributed by atoms with Crippen LogP contribution < -0.4 is 19.7 Å². The topological polar surface area (TPSA) is 79.8 Å². The number of rotatable bonds is 5. The van der Waals surface area contributed by atoms with Crippen molar-refractivity contribution in [3.8, 4) is 22.8 Å². The van der Waals surface area contributed by atoms with Crippen LogP contribution in [0, 0.1) is 5.82 Å². The van der Waals surface area contributed by atoms with Gasteiger partial charge in [0.05, 0.1) is 25.6 Å². The molecule has 0 saturated carbocycles. The number of piperazine rings is 1. The van der Waals surface area contributed by atoms with E-state index in [0.29, 0.717) is 43.4 Å². The number of methoxy groups -OCH3 is 2. The molecule has 1 saturated heterocycles. The van der Waals surface area contributed by atoms with Gasteiger partial charge in [0.15, 0.2) is 0 Å². The van der Waals surface area contributed by atoms with Gasteiger partial charge in [-0.05, 0) is 36.4 Å². The van der Waals surface area contributed by atoms with Crippen LogP contribution in [0.25, 0.3) is 11.3 Å². The quantitative estimate of drug-likeness (QED) is 0.656. The Hall–Kier alpha value is -3.88. The molecule has 1 aromatic heterocycles. The average molecular weight is 437 g/mol. The maximum absolute atomic E-state index is 13.2. The lowest BCUT2D eigenvalue weighted by molar-refractivity contribution is 0.208. The molecule has 2 heterocycles. The predicted octanol–water partition coefficient (Wildman–Crippen LogP) is 3.65. The van der Waals surface area contributed by atoms with Crippen LogP contribution in [0.4, 0.5) is 20.7 Å². The Labute approximate surface area is 185 Å². The van der Waals surface area contributed by atoms with E-state index >= 15 is 0 Å². The zero-order valence-corrected chi connectivity index (χ0v) is 17.9. The van der Waals surface area contributed by atoms with E-state index in [1.807, 2.05) is 6.07 Å². The average Bonchev–Trinajstić information content (AvgIpc) is 2.85. The van der Waals surface area contributed by atoms with E-state index in [0.717, 1.165) is 17.1 Å². The van der Waals surface area contributed by atoms with Gasteiger partial charge in [-0.15, -0.1) is 0 Å². The second-order valence-corrected chi connectivity index (χ2v) is 7.24. The van der Waals surface area contributed by atoms with Gasteiger partial charge in [-0.2, -0.15) is 0 Å². The number of hydrogen-bond donors (Lipinski definition) is 1. The van der Waals surface area contributed by atoms with Gasteiger partial charge in [-0.25, -0.2) is 19.2 Å². The third kappa shape index (κ3) is 4.72. The summed E-state index contributed by atoms with van der Waals surface area (Å²) in [5, 5.41) is 2.90. The molecule has 9 heteroatoms. The summed E-state index contributed by atoms with van der Waals surface area (Å²) in [6, 6.07) is 13.1. The molecule has 8 nitrogen and oxygen atoms in total. The molecule has 166 valence electrons. The summed E-state index contributed by atoms with van der Waals surface area (Å²) in [6.45, 7) is 2.35. The van der Waals surface area contributed by atoms with Gasteiger partial charge in [0.1, 0.15) is 29.5 Å². The Bertz CT molecular complexity index is 1090.